The molecule has 7 nitrogen and oxygen atoms in total. The molecule has 1 N–H and O–H groups in total. The normalized spacial score (nSPS) is 11.3. The SMILES string of the molecule is Cc1ccc(S(=O)(=O)Cc2ccc(C(=O)Nc3cccc(-c4noc(C)n4)c3)cc2)cc1. The second-order valence-electron chi connectivity index (χ2n) is 7.44. The minimum Gasteiger partial charge on any atom is -0.339 e. The molecule has 1 heterocycles. The Hall–Kier alpha value is -3.78. The van der Waals surface area contributed by atoms with E-state index in [0.717, 1.165) is 11.1 Å². The lowest BCUT2D eigenvalue weighted by Crippen LogP contribution is -2.12. The Labute approximate surface area is 186 Å². The Bertz CT molecular complexity index is 1360. The zero-order valence-corrected chi connectivity index (χ0v) is 18.4. The highest BCUT2D eigenvalue weighted by atomic mass is 32.2. The van der Waals surface area contributed by atoms with Gasteiger partial charge in [0, 0.05) is 23.7 Å². The molecule has 0 saturated carbocycles. The first-order valence-corrected chi connectivity index (χ1v) is 11.6. The molecule has 1 aromatic heterocycles. The number of carbonyl (C=O) groups is 1. The van der Waals surface area contributed by atoms with Gasteiger partial charge in [0.05, 0.1) is 10.6 Å². The Balaban J connectivity index is 1.45. The molecule has 162 valence electrons. The number of anilines is 1. The lowest BCUT2D eigenvalue weighted by molar-refractivity contribution is 0.102. The number of benzene rings is 3. The first-order valence-electron chi connectivity index (χ1n) is 9.91. The summed E-state index contributed by atoms with van der Waals surface area (Å²) in [5, 5.41) is 6.71. The number of hydrogen-bond acceptors (Lipinski definition) is 6. The van der Waals surface area contributed by atoms with Crippen molar-refractivity contribution in [2.75, 3.05) is 5.32 Å². The van der Waals surface area contributed by atoms with Gasteiger partial charge in [0.2, 0.25) is 11.7 Å². The van der Waals surface area contributed by atoms with Gasteiger partial charge in [0.15, 0.2) is 9.84 Å². The van der Waals surface area contributed by atoms with E-state index in [2.05, 4.69) is 15.5 Å². The number of carbonyl (C=O) groups excluding carboxylic acids is 1. The lowest BCUT2D eigenvalue weighted by Gasteiger charge is -2.08. The quantitative estimate of drug-likeness (QED) is 0.464. The van der Waals surface area contributed by atoms with Crippen LogP contribution in [0.5, 0.6) is 0 Å². The van der Waals surface area contributed by atoms with Crippen molar-refractivity contribution in [1.29, 1.82) is 0 Å². The van der Waals surface area contributed by atoms with Crippen LogP contribution in [0.4, 0.5) is 5.69 Å². The van der Waals surface area contributed by atoms with Crippen molar-refractivity contribution in [3.05, 3.63) is 95.4 Å². The third-order valence-electron chi connectivity index (χ3n) is 4.86. The van der Waals surface area contributed by atoms with E-state index in [4.69, 9.17) is 4.52 Å². The van der Waals surface area contributed by atoms with Gasteiger partial charge in [-0.3, -0.25) is 4.79 Å². The summed E-state index contributed by atoms with van der Waals surface area (Å²) in [6.45, 7) is 3.61. The molecule has 0 aliphatic rings. The van der Waals surface area contributed by atoms with Crippen LogP contribution in [-0.2, 0) is 15.6 Å². The molecule has 0 spiro atoms. The van der Waals surface area contributed by atoms with Crippen molar-refractivity contribution in [1.82, 2.24) is 10.1 Å². The number of nitrogens with zero attached hydrogens (tertiary/aromatic N) is 2. The molecule has 0 atom stereocenters. The number of rotatable bonds is 6. The molecule has 0 radical (unpaired) electrons. The molecule has 1 amide bonds. The van der Waals surface area contributed by atoms with Crippen LogP contribution in [0.3, 0.4) is 0 Å². The summed E-state index contributed by atoms with van der Waals surface area (Å²) in [6, 6.07) is 20.4. The fourth-order valence-corrected chi connectivity index (χ4v) is 4.51. The summed E-state index contributed by atoms with van der Waals surface area (Å²) >= 11 is 0. The van der Waals surface area contributed by atoms with E-state index in [-0.39, 0.29) is 16.6 Å². The Morgan fingerprint density at radius 1 is 0.969 bits per heavy atom. The van der Waals surface area contributed by atoms with Gasteiger partial charge in [-0.1, -0.05) is 47.1 Å². The van der Waals surface area contributed by atoms with Gasteiger partial charge in [-0.15, -0.1) is 0 Å². The first kappa shape index (κ1) is 21.5. The molecule has 4 rings (SSSR count). The topological polar surface area (TPSA) is 102 Å². The third-order valence-corrected chi connectivity index (χ3v) is 6.56. The molecular weight excluding hydrogens is 426 g/mol. The maximum absolute atomic E-state index is 12.6. The molecule has 4 aromatic rings. The Kier molecular flexibility index (Phi) is 5.87. The largest absolute Gasteiger partial charge is 0.339 e. The summed E-state index contributed by atoms with van der Waals surface area (Å²) in [5.74, 6) is 0.459. The highest BCUT2D eigenvalue weighted by Gasteiger charge is 2.16. The van der Waals surface area contributed by atoms with Crippen molar-refractivity contribution in [2.24, 2.45) is 0 Å². The van der Waals surface area contributed by atoms with E-state index in [0.29, 0.717) is 28.5 Å². The van der Waals surface area contributed by atoms with Crippen LogP contribution in [0, 0.1) is 13.8 Å². The molecule has 3 aromatic carbocycles. The van der Waals surface area contributed by atoms with Crippen molar-refractivity contribution in [3.63, 3.8) is 0 Å². The van der Waals surface area contributed by atoms with Crippen LogP contribution in [0.1, 0.15) is 27.4 Å². The second kappa shape index (κ2) is 8.76. The minimum atomic E-state index is -3.46. The number of nitrogens with one attached hydrogen (secondary N) is 1. The predicted molar refractivity (Wildman–Crippen MR) is 121 cm³/mol. The molecule has 0 saturated heterocycles. The van der Waals surface area contributed by atoms with Gasteiger partial charge in [-0.2, -0.15) is 4.98 Å². The minimum absolute atomic E-state index is 0.135. The van der Waals surface area contributed by atoms with E-state index in [1.807, 2.05) is 13.0 Å². The fraction of sp³-hybridized carbons (Fsp3) is 0.125. The standard InChI is InChI=1S/C24H21N3O4S/c1-16-6-12-22(13-7-16)32(29,30)15-18-8-10-19(11-9-18)24(28)26-21-5-3-4-20(14-21)23-25-17(2)31-27-23/h3-14H,15H2,1-2H3,(H,26,28). The lowest BCUT2D eigenvalue weighted by atomic mass is 10.1. The fourth-order valence-electron chi connectivity index (χ4n) is 3.16. The highest BCUT2D eigenvalue weighted by molar-refractivity contribution is 7.90. The van der Waals surface area contributed by atoms with Crippen LogP contribution in [0.2, 0.25) is 0 Å². The van der Waals surface area contributed by atoms with Crippen LogP contribution in [-0.4, -0.2) is 24.5 Å². The van der Waals surface area contributed by atoms with Crippen LogP contribution in [0.15, 0.2) is 82.2 Å². The summed E-state index contributed by atoms with van der Waals surface area (Å²) in [4.78, 5) is 17.1. The molecular formula is C24H21N3O4S. The zero-order valence-electron chi connectivity index (χ0n) is 17.6. The molecule has 0 aliphatic carbocycles. The number of sulfone groups is 1. The summed E-state index contributed by atoms with van der Waals surface area (Å²) < 4.78 is 30.3. The molecule has 0 fully saturated rings. The highest BCUT2D eigenvalue weighted by Crippen LogP contribution is 2.21. The van der Waals surface area contributed by atoms with Gasteiger partial charge >= 0.3 is 0 Å². The van der Waals surface area contributed by atoms with Crippen molar-refractivity contribution < 1.29 is 17.7 Å². The molecule has 8 heteroatoms. The van der Waals surface area contributed by atoms with Crippen LogP contribution in [0.25, 0.3) is 11.4 Å². The number of amides is 1. The number of aryl methyl sites for hydroxylation is 2. The summed E-state index contributed by atoms with van der Waals surface area (Å²) in [5.41, 5.74) is 3.33. The maximum Gasteiger partial charge on any atom is 0.255 e. The third kappa shape index (κ3) is 4.92. The van der Waals surface area contributed by atoms with Gasteiger partial charge in [0.25, 0.3) is 5.91 Å². The molecule has 0 aliphatic heterocycles. The van der Waals surface area contributed by atoms with E-state index in [9.17, 15) is 13.2 Å². The second-order valence-corrected chi connectivity index (χ2v) is 9.43. The van der Waals surface area contributed by atoms with E-state index in [1.165, 1.54) is 0 Å². The average Bonchev–Trinajstić information content (AvgIpc) is 3.21. The number of hydrogen-bond donors (Lipinski definition) is 1. The summed E-state index contributed by atoms with van der Waals surface area (Å²) in [6.07, 6.45) is 0. The smallest absolute Gasteiger partial charge is 0.255 e. The monoisotopic (exact) mass is 447 g/mol. The Morgan fingerprint density at radius 3 is 2.34 bits per heavy atom. The maximum atomic E-state index is 12.6. The molecule has 0 bridgehead atoms. The van der Waals surface area contributed by atoms with Crippen molar-refractivity contribution in [2.45, 2.75) is 24.5 Å². The Morgan fingerprint density at radius 2 is 1.69 bits per heavy atom. The zero-order chi connectivity index (χ0) is 22.7. The van der Waals surface area contributed by atoms with Gasteiger partial charge in [-0.05, 0) is 48.9 Å². The van der Waals surface area contributed by atoms with Gasteiger partial charge in [0.1, 0.15) is 0 Å². The molecule has 0 unspecified atom stereocenters. The van der Waals surface area contributed by atoms with E-state index in [1.54, 1.807) is 73.7 Å². The van der Waals surface area contributed by atoms with Crippen molar-refractivity contribution >= 4 is 21.4 Å². The average molecular weight is 448 g/mol. The van der Waals surface area contributed by atoms with Crippen LogP contribution >= 0.6 is 0 Å². The van der Waals surface area contributed by atoms with Crippen LogP contribution < -0.4 is 5.32 Å². The number of aromatic nitrogens is 2. The van der Waals surface area contributed by atoms with Gasteiger partial charge in [-0.25, -0.2) is 8.42 Å². The predicted octanol–water partition coefficient (Wildman–Crippen LogP) is 4.58. The first-order chi connectivity index (χ1) is 15.3. The van der Waals surface area contributed by atoms with Crippen molar-refractivity contribution in [3.8, 4) is 11.4 Å². The van der Waals surface area contributed by atoms with Gasteiger partial charge < -0.3 is 9.84 Å². The van der Waals surface area contributed by atoms with E-state index >= 15 is 0 Å². The molecule has 32 heavy (non-hydrogen) atoms. The van der Waals surface area contributed by atoms with E-state index < -0.39 is 9.84 Å². The summed E-state index contributed by atoms with van der Waals surface area (Å²) in [7, 11) is -3.46.